The topological polar surface area (TPSA) is 75.9 Å². The zero-order valence-electron chi connectivity index (χ0n) is 14.4. The number of hydrogen-bond acceptors (Lipinski definition) is 5. The Hall–Kier alpha value is -2.79. The van der Waals surface area contributed by atoms with E-state index >= 15 is 0 Å². The summed E-state index contributed by atoms with van der Waals surface area (Å²) in [6, 6.07) is 11.7. The quantitative estimate of drug-likeness (QED) is 0.606. The Morgan fingerprint density at radius 1 is 0.840 bits per heavy atom. The van der Waals surface area contributed by atoms with E-state index in [-0.39, 0.29) is 0 Å². The van der Waals surface area contributed by atoms with Gasteiger partial charge in [0.25, 0.3) is 0 Å². The Morgan fingerprint density at radius 3 is 2.24 bits per heavy atom. The third-order valence-electron chi connectivity index (χ3n) is 4.11. The molecule has 0 unspecified atom stereocenters. The van der Waals surface area contributed by atoms with Crippen LogP contribution in [0.5, 0.6) is 0 Å². The van der Waals surface area contributed by atoms with E-state index in [1.165, 1.54) is 17.5 Å². The maximum Gasteiger partial charge on any atom is 0.159 e. The van der Waals surface area contributed by atoms with Crippen molar-refractivity contribution in [2.24, 2.45) is 0 Å². The minimum Gasteiger partial charge on any atom is -0.393 e. The second kappa shape index (κ2) is 6.99. The van der Waals surface area contributed by atoms with Gasteiger partial charge in [0, 0.05) is 16.4 Å². The smallest absolute Gasteiger partial charge is 0.159 e. The Labute approximate surface area is 152 Å². The molecule has 25 heavy (non-hydrogen) atoms. The number of nitrogens with two attached hydrogens (primary N) is 1. The standard InChI is InChI=1S/C19H20ClN5/c1-11-5-7-15(8-13(11)3)24-18-17(21)19(23-10-22-18)25-16-9-14(20)6-4-12(16)2/h4-10H,21H2,1-3H3,(H2,22,23,24,25). The largest absolute Gasteiger partial charge is 0.393 e. The number of aryl methyl sites for hydroxylation is 3. The van der Waals surface area contributed by atoms with Gasteiger partial charge in [0.05, 0.1) is 0 Å². The van der Waals surface area contributed by atoms with Gasteiger partial charge in [0.1, 0.15) is 12.0 Å². The molecule has 0 aliphatic rings. The fourth-order valence-corrected chi connectivity index (χ4v) is 2.58. The number of benzene rings is 2. The highest BCUT2D eigenvalue weighted by atomic mass is 35.5. The first kappa shape index (κ1) is 17.0. The second-order valence-electron chi connectivity index (χ2n) is 5.99. The van der Waals surface area contributed by atoms with Crippen molar-refractivity contribution in [3.8, 4) is 0 Å². The lowest BCUT2D eigenvalue weighted by Gasteiger charge is -2.14. The summed E-state index contributed by atoms with van der Waals surface area (Å²) in [7, 11) is 0. The summed E-state index contributed by atoms with van der Waals surface area (Å²) in [6.07, 6.45) is 1.47. The van der Waals surface area contributed by atoms with Gasteiger partial charge in [-0.15, -0.1) is 0 Å². The predicted molar refractivity (Wildman–Crippen MR) is 105 cm³/mol. The maximum absolute atomic E-state index is 6.25. The fraction of sp³-hybridized carbons (Fsp3) is 0.158. The van der Waals surface area contributed by atoms with Crippen LogP contribution in [0.15, 0.2) is 42.7 Å². The van der Waals surface area contributed by atoms with Gasteiger partial charge in [0.2, 0.25) is 0 Å². The van der Waals surface area contributed by atoms with Gasteiger partial charge in [-0.3, -0.25) is 0 Å². The van der Waals surface area contributed by atoms with Crippen LogP contribution in [0.4, 0.5) is 28.7 Å². The lowest BCUT2D eigenvalue weighted by Crippen LogP contribution is -2.06. The van der Waals surface area contributed by atoms with Crippen LogP contribution in [0.1, 0.15) is 16.7 Å². The Kier molecular flexibility index (Phi) is 4.76. The molecule has 0 bridgehead atoms. The minimum atomic E-state index is 0.445. The molecule has 2 aromatic carbocycles. The van der Waals surface area contributed by atoms with E-state index in [4.69, 9.17) is 17.3 Å². The molecule has 3 rings (SSSR count). The van der Waals surface area contributed by atoms with Crippen LogP contribution >= 0.6 is 11.6 Å². The summed E-state index contributed by atoms with van der Waals surface area (Å²) < 4.78 is 0. The monoisotopic (exact) mass is 353 g/mol. The van der Waals surface area contributed by atoms with Crippen molar-refractivity contribution in [1.29, 1.82) is 0 Å². The molecule has 3 aromatic rings. The number of nitrogens with zero attached hydrogens (tertiary/aromatic N) is 2. The van der Waals surface area contributed by atoms with Crippen LogP contribution in [-0.4, -0.2) is 9.97 Å². The molecule has 128 valence electrons. The number of rotatable bonds is 4. The van der Waals surface area contributed by atoms with Crippen LogP contribution in [0.25, 0.3) is 0 Å². The molecular formula is C19H20ClN5. The lowest BCUT2D eigenvalue weighted by molar-refractivity contribution is 1.17. The molecule has 5 nitrogen and oxygen atoms in total. The molecule has 1 heterocycles. The molecular weight excluding hydrogens is 334 g/mol. The van der Waals surface area contributed by atoms with Gasteiger partial charge >= 0.3 is 0 Å². The van der Waals surface area contributed by atoms with E-state index in [1.807, 2.05) is 31.2 Å². The average molecular weight is 354 g/mol. The normalized spacial score (nSPS) is 10.6. The molecule has 0 radical (unpaired) electrons. The van der Waals surface area contributed by atoms with E-state index in [9.17, 15) is 0 Å². The van der Waals surface area contributed by atoms with Gasteiger partial charge in [-0.05, 0) is 61.7 Å². The van der Waals surface area contributed by atoms with E-state index < -0.39 is 0 Å². The Bertz CT molecular complexity index is 924. The molecule has 0 aliphatic carbocycles. The number of aromatic nitrogens is 2. The third-order valence-corrected chi connectivity index (χ3v) is 4.34. The van der Waals surface area contributed by atoms with Gasteiger partial charge in [0.15, 0.2) is 11.6 Å². The molecule has 0 spiro atoms. The first-order chi connectivity index (χ1) is 11.9. The number of halogens is 1. The highest BCUT2D eigenvalue weighted by Gasteiger charge is 2.10. The zero-order valence-corrected chi connectivity index (χ0v) is 15.1. The molecule has 0 saturated carbocycles. The molecule has 1 aromatic heterocycles. The summed E-state index contributed by atoms with van der Waals surface area (Å²) in [6.45, 7) is 6.14. The maximum atomic E-state index is 6.25. The van der Waals surface area contributed by atoms with Crippen LogP contribution < -0.4 is 16.4 Å². The zero-order chi connectivity index (χ0) is 18.0. The van der Waals surface area contributed by atoms with E-state index in [2.05, 4.69) is 46.6 Å². The average Bonchev–Trinajstić information content (AvgIpc) is 2.58. The van der Waals surface area contributed by atoms with Crippen molar-refractivity contribution < 1.29 is 0 Å². The first-order valence-corrected chi connectivity index (χ1v) is 8.30. The van der Waals surface area contributed by atoms with Crippen LogP contribution in [-0.2, 0) is 0 Å². The minimum absolute atomic E-state index is 0.445. The second-order valence-corrected chi connectivity index (χ2v) is 6.43. The molecule has 0 amide bonds. The van der Waals surface area contributed by atoms with Crippen molar-refractivity contribution >= 4 is 40.3 Å². The fourth-order valence-electron chi connectivity index (χ4n) is 2.41. The van der Waals surface area contributed by atoms with Crippen LogP contribution in [0.3, 0.4) is 0 Å². The van der Waals surface area contributed by atoms with Crippen LogP contribution in [0.2, 0.25) is 5.02 Å². The number of nitrogen functional groups attached to an aromatic ring is 1. The van der Waals surface area contributed by atoms with Gasteiger partial charge in [-0.1, -0.05) is 23.7 Å². The summed E-state index contributed by atoms with van der Waals surface area (Å²) in [5.74, 6) is 1.09. The van der Waals surface area contributed by atoms with Gasteiger partial charge in [-0.2, -0.15) is 0 Å². The Morgan fingerprint density at radius 2 is 1.52 bits per heavy atom. The molecule has 0 fully saturated rings. The summed E-state index contributed by atoms with van der Waals surface area (Å²) in [5, 5.41) is 7.13. The van der Waals surface area contributed by atoms with Crippen molar-refractivity contribution in [2.45, 2.75) is 20.8 Å². The molecule has 6 heteroatoms. The molecule has 0 saturated heterocycles. The van der Waals surface area contributed by atoms with Crippen molar-refractivity contribution in [3.05, 3.63) is 64.4 Å². The third kappa shape index (κ3) is 3.83. The van der Waals surface area contributed by atoms with Gasteiger partial charge < -0.3 is 16.4 Å². The summed E-state index contributed by atoms with van der Waals surface area (Å²) in [5.41, 5.74) is 12.0. The number of anilines is 5. The summed E-state index contributed by atoms with van der Waals surface area (Å²) >= 11 is 6.07. The molecule has 4 N–H and O–H groups in total. The van der Waals surface area contributed by atoms with E-state index in [0.717, 1.165) is 16.9 Å². The first-order valence-electron chi connectivity index (χ1n) is 7.92. The van der Waals surface area contributed by atoms with E-state index in [1.54, 1.807) is 0 Å². The number of hydrogen-bond donors (Lipinski definition) is 3. The molecule has 0 atom stereocenters. The SMILES string of the molecule is Cc1ccc(Nc2ncnc(Nc3cc(Cl)ccc3C)c2N)cc1C. The lowest BCUT2D eigenvalue weighted by atomic mass is 10.1. The predicted octanol–water partition coefficient (Wildman–Crippen LogP) is 5.12. The van der Waals surface area contributed by atoms with E-state index in [0.29, 0.717) is 22.3 Å². The number of nitrogens with one attached hydrogen (secondary N) is 2. The Balaban J connectivity index is 1.89. The summed E-state index contributed by atoms with van der Waals surface area (Å²) in [4.78, 5) is 8.50. The van der Waals surface area contributed by atoms with Gasteiger partial charge in [-0.25, -0.2) is 9.97 Å². The van der Waals surface area contributed by atoms with Crippen LogP contribution in [0, 0.1) is 20.8 Å². The van der Waals surface area contributed by atoms with Crippen molar-refractivity contribution in [2.75, 3.05) is 16.4 Å². The molecule has 0 aliphatic heterocycles. The highest BCUT2D eigenvalue weighted by molar-refractivity contribution is 6.30. The van der Waals surface area contributed by atoms with Crippen molar-refractivity contribution in [3.63, 3.8) is 0 Å². The highest BCUT2D eigenvalue weighted by Crippen LogP contribution is 2.30. The van der Waals surface area contributed by atoms with Crippen molar-refractivity contribution in [1.82, 2.24) is 9.97 Å².